The Kier molecular flexibility index (Phi) is 5.80. The molecule has 0 aliphatic carbocycles. The Morgan fingerprint density at radius 2 is 1.75 bits per heavy atom. The Labute approximate surface area is 188 Å². The van der Waals surface area contributed by atoms with Crippen LogP contribution in [0.3, 0.4) is 0 Å². The second kappa shape index (κ2) is 8.88. The highest BCUT2D eigenvalue weighted by Crippen LogP contribution is 2.24. The zero-order chi connectivity index (χ0) is 22.1. The van der Waals surface area contributed by atoms with Gasteiger partial charge in [0.15, 0.2) is 0 Å². The minimum absolute atomic E-state index is 0.0226. The average molecular weight is 434 g/mol. The van der Waals surface area contributed by atoms with E-state index in [0.717, 1.165) is 87.1 Å². The maximum atomic E-state index is 12.9. The van der Waals surface area contributed by atoms with Crippen LogP contribution < -0.4 is 10.5 Å². The topological polar surface area (TPSA) is 84.2 Å². The largest absolute Gasteiger partial charge is 0.340 e. The zero-order valence-corrected chi connectivity index (χ0v) is 18.9. The van der Waals surface area contributed by atoms with Gasteiger partial charge in [0.25, 0.3) is 5.56 Å². The molecular formula is C24H31N7O. The standard InChI is InChI=1S/C24H31N7O/c1-17-3-5-18(6-4-17)22-19(15-25-28-22)16-30-9-7-20-21(8-10-30)26-24(27-23(20)32)31-13-11-29(2)12-14-31/h3-6,15H,7-14,16H2,1-2H3,(H,25,28)(H,26,27,32). The predicted octanol–water partition coefficient (Wildman–Crippen LogP) is 1.82. The number of hydrogen-bond acceptors (Lipinski definition) is 6. The van der Waals surface area contributed by atoms with Crippen LogP contribution in [-0.4, -0.2) is 76.3 Å². The third-order valence-corrected chi connectivity index (χ3v) is 6.69. The number of aromatic nitrogens is 4. The molecular weight excluding hydrogens is 402 g/mol. The first kappa shape index (κ1) is 20.9. The van der Waals surface area contributed by atoms with E-state index >= 15 is 0 Å². The second-order valence-electron chi connectivity index (χ2n) is 9.02. The summed E-state index contributed by atoms with van der Waals surface area (Å²) in [6, 6.07) is 8.51. The lowest BCUT2D eigenvalue weighted by Crippen LogP contribution is -2.45. The molecule has 1 saturated heterocycles. The number of benzene rings is 1. The summed E-state index contributed by atoms with van der Waals surface area (Å²) >= 11 is 0. The Morgan fingerprint density at radius 3 is 2.53 bits per heavy atom. The van der Waals surface area contributed by atoms with Gasteiger partial charge in [-0.05, 0) is 26.0 Å². The molecule has 4 heterocycles. The minimum Gasteiger partial charge on any atom is -0.340 e. The Bertz CT molecular complexity index is 1130. The average Bonchev–Trinajstić information content (AvgIpc) is 3.15. The Balaban J connectivity index is 1.31. The molecule has 2 aliphatic heterocycles. The third kappa shape index (κ3) is 4.33. The molecule has 0 atom stereocenters. The first-order valence-electron chi connectivity index (χ1n) is 11.4. The van der Waals surface area contributed by atoms with Crippen molar-refractivity contribution in [3.05, 3.63) is 63.2 Å². The van der Waals surface area contributed by atoms with Gasteiger partial charge in [-0.15, -0.1) is 0 Å². The SMILES string of the molecule is Cc1ccc(-c2[nH]ncc2CN2CCc3nc(N4CCN(C)CC4)[nH]c(=O)c3CC2)cc1. The van der Waals surface area contributed by atoms with Gasteiger partial charge in [0.1, 0.15) is 0 Å². The van der Waals surface area contributed by atoms with Crippen LogP contribution in [0.5, 0.6) is 0 Å². The number of likely N-dealkylation sites (N-methyl/N-ethyl adjacent to an activating group) is 1. The van der Waals surface area contributed by atoms with E-state index in [9.17, 15) is 4.79 Å². The van der Waals surface area contributed by atoms with Gasteiger partial charge in [0, 0.05) is 63.4 Å². The van der Waals surface area contributed by atoms with Crippen LogP contribution >= 0.6 is 0 Å². The van der Waals surface area contributed by atoms with Crippen LogP contribution in [-0.2, 0) is 19.4 Å². The van der Waals surface area contributed by atoms with Crippen molar-refractivity contribution in [2.75, 3.05) is 51.2 Å². The molecule has 0 radical (unpaired) electrons. The first-order valence-corrected chi connectivity index (χ1v) is 11.4. The van der Waals surface area contributed by atoms with Crippen LogP contribution in [0.15, 0.2) is 35.3 Å². The van der Waals surface area contributed by atoms with Crippen LogP contribution in [0.2, 0.25) is 0 Å². The number of rotatable bonds is 4. The molecule has 2 N–H and O–H groups in total. The maximum absolute atomic E-state index is 12.9. The van der Waals surface area contributed by atoms with Gasteiger partial charge < -0.3 is 9.80 Å². The van der Waals surface area contributed by atoms with Crippen LogP contribution in [0, 0.1) is 6.92 Å². The van der Waals surface area contributed by atoms with E-state index in [1.807, 2.05) is 6.20 Å². The first-order chi connectivity index (χ1) is 15.6. The lowest BCUT2D eigenvalue weighted by molar-refractivity contribution is 0.279. The highest BCUT2D eigenvalue weighted by molar-refractivity contribution is 5.62. The number of fused-ring (bicyclic) bond motifs is 1. The number of H-pyrrole nitrogens is 2. The molecule has 5 rings (SSSR count). The van der Waals surface area contributed by atoms with Crippen LogP contribution in [0.1, 0.15) is 22.4 Å². The Hall–Kier alpha value is -2.97. The summed E-state index contributed by atoms with van der Waals surface area (Å²) in [5, 5.41) is 7.47. The number of anilines is 1. The molecule has 32 heavy (non-hydrogen) atoms. The van der Waals surface area contributed by atoms with Crippen molar-refractivity contribution in [3.63, 3.8) is 0 Å². The van der Waals surface area contributed by atoms with Crippen molar-refractivity contribution >= 4 is 5.95 Å². The van der Waals surface area contributed by atoms with E-state index in [4.69, 9.17) is 4.98 Å². The van der Waals surface area contributed by atoms with Crippen molar-refractivity contribution < 1.29 is 0 Å². The molecule has 8 nitrogen and oxygen atoms in total. The summed E-state index contributed by atoms with van der Waals surface area (Å²) < 4.78 is 0. The lowest BCUT2D eigenvalue weighted by Gasteiger charge is -2.32. The summed E-state index contributed by atoms with van der Waals surface area (Å²) in [6.07, 6.45) is 3.43. The van der Waals surface area contributed by atoms with E-state index in [-0.39, 0.29) is 5.56 Å². The lowest BCUT2D eigenvalue weighted by atomic mass is 10.1. The molecule has 168 valence electrons. The minimum atomic E-state index is 0.0226. The summed E-state index contributed by atoms with van der Waals surface area (Å²) in [7, 11) is 2.13. The molecule has 0 unspecified atom stereocenters. The zero-order valence-electron chi connectivity index (χ0n) is 18.9. The fourth-order valence-corrected chi connectivity index (χ4v) is 4.61. The van der Waals surface area contributed by atoms with Crippen molar-refractivity contribution in [2.45, 2.75) is 26.3 Å². The van der Waals surface area contributed by atoms with Crippen molar-refractivity contribution in [3.8, 4) is 11.3 Å². The van der Waals surface area contributed by atoms with E-state index in [2.05, 4.69) is 68.1 Å². The van der Waals surface area contributed by atoms with Gasteiger partial charge in [-0.1, -0.05) is 29.8 Å². The molecule has 8 heteroatoms. The number of aryl methyl sites for hydroxylation is 1. The number of hydrogen-bond donors (Lipinski definition) is 2. The van der Waals surface area contributed by atoms with Crippen LogP contribution in [0.25, 0.3) is 11.3 Å². The quantitative estimate of drug-likeness (QED) is 0.653. The highest BCUT2D eigenvalue weighted by atomic mass is 16.1. The normalized spacial score (nSPS) is 17.9. The summed E-state index contributed by atoms with van der Waals surface area (Å²) in [5.74, 6) is 0.729. The number of nitrogens with zero attached hydrogens (tertiary/aromatic N) is 5. The maximum Gasteiger partial charge on any atom is 0.255 e. The molecule has 0 bridgehead atoms. The van der Waals surface area contributed by atoms with E-state index in [0.29, 0.717) is 0 Å². The number of nitrogens with one attached hydrogen (secondary N) is 2. The monoisotopic (exact) mass is 433 g/mol. The number of piperazine rings is 1. The summed E-state index contributed by atoms with van der Waals surface area (Å²) in [6.45, 7) is 8.38. The highest BCUT2D eigenvalue weighted by Gasteiger charge is 2.23. The van der Waals surface area contributed by atoms with Crippen molar-refractivity contribution in [2.24, 2.45) is 0 Å². The van der Waals surface area contributed by atoms with Gasteiger partial charge in [0.05, 0.1) is 17.6 Å². The fourth-order valence-electron chi connectivity index (χ4n) is 4.61. The van der Waals surface area contributed by atoms with Crippen molar-refractivity contribution in [1.82, 2.24) is 30.0 Å². The van der Waals surface area contributed by atoms with Gasteiger partial charge in [-0.25, -0.2) is 4.98 Å². The molecule has 0 spiro atoms. The molecule has 1 fully saturated rings. The van der Waals surface area contributed by atoms with Gasteiger partial charge in [0.2, 0.25) is 5.95 Å². The smallest absolute Gasteiger partial charge is 0.255 e. The molecule has 2 aliphatic rings. The van der Waals surface area contributed by atoms with E-state index < -0.39 is 0 Å². The van der Waals surface area contributed by atoms with Crippen LogP contribution in [0.4, 0.5) is 5.95 Å². The number of aromatic amines is 2. The predicted molar refractivity (Wildman–Crippen MR) is 126 cm³/mol. The summed E-state index contributed by atoms with van der Waals surface area (Å²) in [5.41, 5.74) is 6.46. The van der Waals surface area contributed by atoms with Gasteiger partial charge in [-0.2, -0.15) is 5.10 Å². The molecule has 0 saturated carbocycles. The van der Waals surface area contributed by atoms with Crippen molar-refractivity contribution in [1.29, 1.82) is 0 Å². The summed E-state index contributed by atoms with van der Waals surface area (Å²) in [4.78, 5) is 27.7. The van der Waals surface area contributed by atoms with E-state index in [1.165, 1.54) is 11.1 Å². The van der Waals surface area contributed by atoms with Gasteiger partial charge >= 0.3 is 0 Å². The Morgan fingerprint density at radius 1 is 1.00 bits per heavy atom. The molecule has 0 amide bonds. The van der Waals surface area contributed by atoms with Gasteiger partial charge in [-0.3, -0.25) is 19.8 Å². The van der Waals surface area contributed by atoms with E-state index in [1.54, 1.807) is 0 Å². The second-order valence-corrected chi connectivity index (χ2v) is 9.02. The fraction of sp³-hybridized carbons (Fsp3) is 0.458. The molecule has 1 aromatic carbocycles. The third-order valence-electron chi connectivity index (χ3n) is 6.69. The molecule has 2 aromatic heterocycles. The molecule has 3 aromatic rings.